The molecule has 2 atom stereocenters. The quantitative estimate of drug-likeness (QED) is 0.786. The summed E-state index contributed by atoms with van der Waals surface area (Å²) in [6, 6.07) is 0.658. The normalized spacial score (nSPS) is 24.8. The molecule has 0 amide bonds. The maximum Gasteiger partial charge on any atom is 0.203 e. The Morgan fingerprint density at radius 2 is 2.35 bits per heavy atom. The molecule has 1 aliphatic rings. The second kappa shape index (κ2) is 6.08. The van der Waals surface area contributed by atoms with Crippen LogP contribution in [0, 0.1) is 5.92 Å². The molecule has 3 nitrogen and oxygen atoms in total. The molecular weight excluding hydrogens is 210 g/mol. The van der Waals surface area contributed by atoms with Gasteiger partial charge in [-0.1, -0.05) is 33.1 Å². The minimum absolute atomic E-state index is 0.658. The highest BCUT2D eigenvalue weighted by Crippen LogP contribution is 2.33. The van der Waals surface area contributed by atoms with Crippen molar-refractivity contribution in [3.63, 3.8) is 0 Å². The summed E-state index contributed by atoms with van der Waals surface area (Å²) in [6.45, 7) is 5.63. The van der Waals surface area contributed by atoms with Crippen LogP contribution in [0.1, 0.15) is 58.4 Å². The number of aromatic nitrogens is 2. The second-order valence-corrected chi connectivity index (χ2v) is 5.36. The highest BCUT2D eigenvalue weighted by Gasteiger charge is 2.21. The lowest BCUT2D eigenvalue weighted by molar-refractivity contribution is 0.284. The van der Waals surface area contributed by atoms with Crippen LogP contribution in [0.3, 0.4) is 0 Å². The second-order valence-electron chi connectivity index (χ2n) is 5.36. The van der Waals surface area contributed by atoms with Crippen molar-refractivity contribution in [3.05, 3.63) is 12.4 Å². The Morgan fingerprint density at radius 1 is 1.47 bits per heavy atom. The molecule has 1 aromatic heterocycles. The topological polar surface area (TPSA) is 29.9 Å². The Balaban J connectivity index is 1.97. The standard InChI is InChI=1S/C14H25N3/c1-3-4-8-15-14-16-9-10-17(14)13-7-5-6-12(2)11-13/h9-10,12-13H,3-8,11H2,1-2H3,(H,15,16). The van der Waals surface area contributed by atoms with Crippen LogP contribution < -0.4 is 5.32 Å². The van der Waals surface area contributed by atoms with E-state index in [1.165, 1.54) is 38.5 Å². The lowest BCUT2D eigenvalue weighted by Gasteiger charge is -2.28. The van der Waals surface area contributed by atoms with Gasteiger partial charge in [-0.15, -0.1) is 0 Å². The number of rotatable bonds is 5. The van der Waals surface area contributed by atoms with Crippen molar-refractivity contribution >= 4 is 5.95 Å². The molecule has 1 N–H and O–H groups in total. The van der Waals surface area contributed by atoms with Gasteiger partial charge >= 0.3 is 0 Å². The third-order valence-electron chi connectivity index (χ3n) is 3.78. The first kappa shape index (κ1) is 12.5. The number of hydrogen-bond acceptors (Lipinski definition) is 2. The Bertz CT molecular complexity index is 332. The van der Waals surface area contributed by atoms with E-state index in [0.717, 1.165) is 18.4 Å². The molecule has 0 radical (unpaired) electrons. The molecule has 0 aromatic carbocycles. The molecule has 96 valence electrons. The SMILES string of the molecule is CCCCNc1nccn1C1CCCC(C)C1. The van der Waals surface area contributed by atoms with Crippen molar-refractivity contribution in [2.45, 2.75) is 58.4 Å². The summed E-state index contributed by atoms with van der Waals surface area (Å²) >= 11 is 0. The molecule has 1 aliphatic carbocycles. The minimum Gasteiger partial charge on any atom is -0.356 e. The van der Waals surface area contributed by atoms with Crippen molar-refractivity contribution in [1.29, 1.82) is 0 Å². The highest BCUT2D eigenvalue weighted by molar-refractivity contribution is 5.26. The van der Waals surface area contributed by atoms with E-state index in [1.807, 2.05) is 6.20 Å². The van der Waals surface area contributed by atoms with Crippen LogP contribution in [0.5, 0.6) is 0 Å². The summed E-state index contributed by atoms with van der Waals surface area (Å²) in [7, 11) is 0. The van der Waals surface area contributed by atoms with Crippen molar-refractivity contribution in [2.24, 2.45) is 5.92 Å². The van der Waals surface area contributed by atoms with Crippen molar-refractivity contribution in [1.82, 2.24) is 9.55 Å². The highest BCUT2D eigenvalue weighted by atomic mass is 15.2. The van der Waals surface area contributed by atoms with E-state index in [1.54, 1.807) is 0 Å². The van der Waals surface area contributed by atoms with Crippen molar-refractivity contribution < 1.29 is 0 Å². The summed E-state index contributed by atoms with van der Waals surface area (Å²) in [4.78, 5) is 4.44. The van der Waals surface area contributed by atoms with Gasteiger partial charge in [-0.25, -0.2) is 4.98 Å². The van der Waals surface area contributed by atoms with Gasteiger partial charge in [-0.05, 0) is 25.2 Å². The largest absolute Gasteiger partial charge is 0.356 e. The van der Waals surface area contributed by atoms with Gasteiger partial charge in [0.2, 0.25) is 5.95 Å². The van der Waals surface area contributed by atoms with E-state index in [4.69, 9.17) is 0 Å². The fourth-order valence-electron chi connectivity index (χ4n) is 2.78. The van der Waals surface area contributed by atoms with E-state index in [9.17, 15) is 0 Å². The predicted molar refractivity (Wildman–Crippen MR) is 72.3 cm³/mol. The third kappa shape index (κ3) is 3.24. The van der Waals surface area contributed by atoms with E-state index in [2.05, 4.69) is 34.9 Å². The summed E-state index contributed by atoms with van der Waals surface area (Å²) in [5, 5.41) is 3.46. The molecule has 17 heavy (non-hydrogen) atoms. The third-order valence-corrected chi connectivity index (χ3v) is 3.78. The maximum atomic E-state index is 4.44. The van der Waals surface area contributed by atoms with Crippen LogP contribution in [-0.2, 0) is 0 Å². The van der Waals surface area contributed by atoms with Crippen LogP contribution in [-0.4, -0.2) is 16.1 Å². The fraction of sp³-hybridized carbons (Fsp3) is 0.786. The first-order valence-electron chi connectivity index (χ1n) is 7.08. The van der Waals surface area contributed by atoms with Crippen LogP contribution in [0.4, 0.5) is 5.95 Å². The Morgan fingerprint density at radius 3 is 3.12 bits per heavy atom. The monoisotopic (exact) mass is 235 g/mol. The van der Waals surface area contributed by atoms with E-state index in [0.29, 0.717) is 6.04 Å². The van der Waals surface area contributed by atoms with Gasteiger partial charge in [0.25, 0.3) is 0 Å². The van der Waals surface area contributed by atoms with Crippen molar-refractivity contribution in [2.75, 3.05) is 11.9 Å². The van der Waals surface area contributed by atoms with Gasteiger partial charge in [0.1, 0.15) is 0 Å². The molecule has 0 saturated heterocycles. The summed E-state index contributed by atoms with van der Waals surface area (Å²) < 4.78 is 2.35. The number of nitrogens with one attached hydrogen (secondary N) is 1. The van der Waals surface area contributed by atoms with E-state index < -0.39 is 0 Å². The molecule has 0 bridgehead atoms. The molecule has 3 heteroatoms. The zero-order chi connectivity index (χ0) is 12.1. The van der Waals surface area contributed by atoms with Crippen LogP contribution in [0.15, 0.2) is 12.4 Å². The molecule has 1 heterocycles. The van der Waals surface area contributed by atoms with Crippen LogP contribution in [0.25, 0.3) is 0 Å². The minimum atomic E-state index is 0.658. The summed E-state index contributed by atoms with van der Waals surface area (Å²) in [5.74, 6) is 1.93. The van der Waals surface area contributed by atoms with E-state index in [-0.39, 0.29) is 0 Å². The lowest BCUT2D eigenvalue weighted by Crippen LogP contribution is -2.19. The Hall–Kier alpha value is -0.990. The molecule has 2 rings (SSSR count). The van der Waals surface area contributed by atoms with Gasteiger partial charge in [0.05, 0.1) is 0 Å². The zero-order valence-electron chi connectivity index (χ0n) is 11.2. The predicted octanol–water partition coefficient (Wildman–Crippen LogP) is 3.85. The lowest BCUT2D eigenvalue weighted by atomic mass is 9.87. The first-order chi connectivity index (χ1) is 8.31. The van der Waals surface area contributed by atoms with Gasteiger partial charge in [-0.2, -0.15) is 0 Å². The average molecular weight is 235 g/mol. The molecule has 1 aromatic rings. The van der Waals surface area contributed by atoms with Gasteiger partial charge in [-0.3, -0.25) is 0 Å². The summed E-state index contributed by atoms with van der Waals surface area (Å²) in [6.07, 6.45) is 11.9. The summed E-state index contributed by atoms with van der Waals surface area (Å²) in [5.41, 5.74) is 0. The van der Waals surface area contributed by atoms with Crippen LogP contribution >= 0.6 is 0 Å². The molecule has 0 aliphatic heterocycles. The fourth-order valence-corrected chi connectivity index (χ4v) is 2.78. The molecule has 1 saturated carbocycles. The van der Waals surface area contributed by atoms with Gasteiger partial charge < -0.3 is 9.88 Å². The number of unbranched alkanes of at least 4 members (excludes halogenated alkanes) is 1. The molecule has 1 fully saturated rings. The van der Waals surface area contributed by atoms with Gasteiger partial charge in [0, 0.05) is 25.0 Å². The maximum absolute atomic E-state index is 4.44. The Kier molecular flexibility index (Phi) is 4.46. The first-order valence-corrected chi connectivity index (χ1v) is 7.08. The van der Waals surface area contributed by atoms with E-state index >= 15 is 0 Å². The zero-order valence-corrected chi connectivity index (χ0v) is 11.2. The number of anilines is 1. The molecule has 2 unspecified atom stereocenters. The molecular formula is C14H25N3. The number of imidazole rings is 1. The smallest absolute Gasteiger partial charge is 0.203 e. The number of hydrogen-bond donors (Lipinski definition) is 1. The van der Waals surface area contributed by atoms with Gasteiger partial charge in [0.15, 0.2) is 0 Å². The van der Waals surface area contributed by atoms with Crippen molar-refractivity contribution in [3.8, 4) is 0 Å². The molecule has 0 spiro atoms. The Labute approximate surface area is 105 Å². The number of nitrogens with zero attached hydrogens (tertiary/aromatic N) is 2. The average Bonchev–Trinajstić information content (AvgIpc) is 2.78. The van der Waals surface area contributed by atoms with Crippen LogP contribution in [0.2, 0.25) is 0 Å².